The fourth-order valence-corrected chi connectivity index (χ4v) is 2.46. The quantitative estimate of drug-likeness (QED) is 0.574. The van der Waals surface area contributed by atoms with Crippen molar-refractivity contribution in [1.29, 1.82) is 0 Å². The lowest BCUT2D eigenvalue weighted by Gasteiger charge is -2.22. The summed E-state index contributed by atoms with van der Waals surface area (Å²) in [4.78, 5) is 34.4. The van der Waals surface area contributed by atoms with Crippen LogP contribution in [0.15, 0.2) is 24.3 Å². The van der Waals surface area contributed by atoms with Gasteiger partial charge in [0.25, 0.3) is 0 Å². The Kier molecular flexibility index (Phi) is 7.05. The summed E-state index contributed by atoms with van der Waals surface area (Å²) in [5.74, 6) is -1.40. The minimum Gasteiger partial charge on any atom is -0.387 e. The van der Waals surface area contributed by atoms with Crippen LogP contribution in [0.1, 0.15) is 13.8 Å². The Hall–Kier alpha value is -2.06. The summed E-state index contributed by atoms with van der Waals surface area (Å²) in [7, 11) is 0. The molecule has 0 radical (unpaired) electrons. The Labute approximate surface area is 139 Å². The molecule has 1 aromatic carbocycles. The number of hydrogen-bond donors (Lipinski definition) is 4. The average Bonchev–Trinajstić information content (AvgIpc) is 2.46. The molecule has 23 heavy (non-hydrogen) atoms. The number of nitrogens with one attached hydrogen (secondary N) is 3. The van der Waals surface area contributed by atoms with Crippen molar-refractivity contribution in [2.24, 2.45) is 0 Å². The lowest BCUT2D eigenvalue weighted by molar-refractivity contribution is -0.136. The molecule has 0 aromatic heterocycles. The summed E-state index contributed by atoms with van der Waals surface area (Å²) >= 11 is 1.44. The Bertz CT molecular complexity index is 573. The Morgan fingerprint density at radius 2 is 1.61 bits per heavy atom. The number of anilines is 2. The van der Waals surface area contributed by atoms with Gasteiger partial charge in [-0.15, -0.1) is 0 Å². The van der Waals surface area contributed by atoms with Gasteiger partial charge in [0.05, 0.1) is 5.60 Å². The summed E-state index contributed by atoms with van der Waals surface area (Å²) in [6.45, 7) is 2.97. The van der Waals surface area contributed by atoms with Gasteiger partial charge in [0, 0.05) is 30.6 Å². The van der Waals surface area contributed by atoms with Gasteiger partial charge in [-0.2, -0.15) is 11.8 Å². The normalized spacial score (nSPS) is 12.9. The number of rotatable bonds is 6. The van der Waals surface area contributed by atoms with Crippen LogP contribution in [0.5, 0.6) is 0 Å². The molecule has 1 aromatic rings. The van der Waals surface area contributed by atoms with Gasteiger partial charge in [-0.1, -0.05) is 0 Å². The van der Waals surface area contributed by atoms with Crippen LogP contribution in [0.2, 0.25) is 0 Å². The zero-order valence-corrected chi connectivity index (χ0v) is 14.1. The monoisotopic (exact) mass is 339 g/mol. The zero-order valence-electron chi connectivity index (χ0n) is 13.3. The zero-order chi connectivity index (χ0) is 17.5. The van der Waals surface area contributed by atoms with Crippen molar-refractivity contribution in [2.45, 2.75) is 19.4 Å². The lowest BCUT2D eigenvalue weighted by Crippen LogP contribution is -2.45. The smallest absolute Gasteiger partial charge is 0.313 e. The third-order valence-electron chi connectivity index (χ3n) is 2.75. The number of aliphatic hydroxyl groups is 1. The van der Waals surface area contributed by atoms with Crippen LogP contribution >= 0.6 is 11.8 Å². The molecule has 0 bridgehead atoms. The van der Waals surface area contributed by atoms with E-state index in [2.05, 4.69) is 16.0 Å². The number of carbonyl (C=O) groups is 3. The van der Waals surface area contributed by atoms with Crippen molar-refractivity contribution in [1.82, 2.24) is 5.32 Å². The van der Waals surface area contributed by atoms with Gasteiger partial charge in [0.15, 0.2) is 0 Å². The standard InChI is InChI=1S/C15H21N3O4S/c1-10(19)17-11-4-6-12(7-5-11)18-14(21)13(20)16-8-15(2,22)9-23-3/h4-7,22H,8-9H2,1-3H3,(H,16,20)(H,17,19)(H,18,21). The first-order valence-corrected chi connectivity index (χ1v) is 8.31. The fourth-order valence-electron chi connectivity index (χ4n) is 1.74. The van der Waals surface area contributed by atoms with Crippen LogP contribution in [-0.4, -0.2) is 47.0 Å². The molecule has 0 aliphatic rings. The molecule has 3 amide bonds. The maximum absolute atomic E-state index is 11.8. The lowest BCUT2D eigenvalue weighted by atomic mass is 10.1. The van der Waals surface area contributed by atoms with Crippen molar-refractivity contribution in [3.63, 3.8) is 0 Å². The van der Waals surface area contributed by atoms with Crippen LogP contribution in [-0.2, 0) is 14.4 Å². The fraction of sp³-hybridized carbons (Fsp3) is 0.400. The molecule has 0 fully saturated rings. The average molecular weight is 339 g/mol. The molecule has 0 aliphatic heterocycles. The van der Waals surface area contributed by atoms with Crippen LogP contribution in [0.25, 0.3) is 0 Å². The predicted molar refractivity (Wildman–Crippen MR) is 91.4 cm³/mol. The first kappa shape index (κ1) is 19.0. The first-order chi connectivity index (χ1) is 10.7. The van der Waals surface area contributed by atoms with Gasteiger partial charge in [-0.3, -0.25) is 14.4 Å². The summed E-state index contributed by atoms with van der Waals surface area (Å²) in [5, 5.41) is 17.4. The molecule has 1 unspecified atom stereocenters. The number of carbonyl (C=O) groups excluding carboxylic acids is 3. The van der Waals surface area contributed by atoms with Crippen LogP contribution < -0.4 is 16.0 Å². The molecule has 0 saturated carbocycles. The minimum absolute atomic E-state index is 0.0123. The molecule has 0 aliphatic carbocycles. The van der Waals surface area contributed by atoms with E-state index in [0.29, 0.717) is 17.1 Å². The third kappa shape index (κ3) is 7.16. The topological polar surface area (TPSA) is 108 Å². The Morgan fingerprint density at radius 1 is 1.09 bits per heavy atom. The maximum atomic E-state index is 11.8. The predicted octanol–water partition coefficient (Wildman–Crippen LogP) is 0.814. The molecule has 1 rings (SSSR count). The van der Waals surface area contributed by atoms with Gasteiger partial charge < -0.3 is 21.1 Å². The highest BCUT2D eigenvalue weighted by Crippen LogP contribution is 2.13. The van der Waals surface area contributed by atoms with E-state index in [1.807, 2.05) is 6.26 Å². The van der Waals surface area contributed by atoms with E-state index >= 15 is 0 Å². The van der Waals surface area contributed by atoms with Gasteiger partial charge in [-0.05, 0) is 37.4 Å². The second-order valence-electron chi connectivity index (χ2n) is 5.33. The SMILES string of the molecule is CSCC(C)(O)CNC(=O)C(=O)Nc1ccc(NC(C)=O)cc1. The third-order valence-corrected chi connectivity index (χ3v) is 3.67. The van der Waals surface area contributed by atoms with Crippen molar-refractivity contribution in [3.05, 3.63) is 24.3 Å². The summed E-state index contributed by atoms with van der Waals surface area (Å²) in [6, 6.07) is 6.36. The molecule has 1 atom stereocenters. The molecule has 8 heteroatoms. The second-order valence-corrected chi connectivity index (χ2v) is 6.19. The van der Waals surface area contributed by atoms with Crippen LogP contribution in [0, 0.1) is 0 Å². The number of thioether (sulfide) groups is 1. The van der Waals surface area contributed by atoms with E-state index in [1.165, 1.54) is 18.7 Å². The Morgan fingerprint density at radius 3 is 2.09 bits per heavy atom. The van der Waals surface area contributed by atoms with Gasteiger partial charge in [-0.25, -0.2) is 0 Å². The van der Waals surface area contributed by atoms with Gasteiger partial charge in [0.1, 0.15) is 0 Å². The molecule has 4 N–H and O–H groups in total. The largest absolute Gasteiger partial charge is 0.387 e. The second kappa shape index (κ2) is 8.54. The van der Waals surface area contributed by atoms with Gasteiger partial charge in [0.2, 0.25) is 5.91 Å². The molecular formula is C15H21N3O4S. The highest BCUT2D eigenvalue weighted by Gasteiger charge is 2.22. The van der Waals surface area contributed by atoms with Crippen molar-refractivity contribution in [3.8, 4) is 0 Å². The van der Waals surface area contributed by atoms with E-state index in [-0.39, 0.29) is 12.5 Å². The Balaban J connectivity index is 2.52. The van der Waals surface area contributed by atoms with Crippen LogP contribution in [0.3, 0.4) is 0 Å². The minimum atomic E-state index is -1.07. The first-order valence-electron chi connectivity index (χ1n) is 6.91. The van der Waals surface area contributed by atoms with Crippen molar-refractivity contribution in [2.75, 3.05) is 29.2 Å². The molecule has 7 nitrogen and oxygen atoms in total. The van der Waals surface area contributed by atoms with E-state index in [9.17, 15) is 19.5 Å². The van der Waals surface area contributed by atoms with Crippen LogP contribution in [0.4, 0.5) is 11.4 Å². The molecule has 0 saturated heterocycles. The number of hydrogen-bond acceptors (Lipinski definition) is 5. The van der Waals surface area contributed by atoms with Crippen molar-refractivity contribution < 1.29 is 19.5 Å². The summed E-state index contributed by atoms with van der Waals surface area (Å²) in [5.41, 5.74) is -0.0572. The van der Waals surface area contributed by atoms with Gasteiger partial charge >= 0.3 is 11.8 Å². The summed E-state index contributed by atoms with van der Waals surface area (Å²) in [6.07, 6.45) is 1.84. The summed E-state index contributed by atoms with van der Waals surface area (Å²) < 4.78 is 0. The molecule has 0 spiro atoms. The molecule has 126 valence electrons. The highest BCUT2D eigenvalue weighted by atomic mass is 32.2. The van der Waals surface area contributed by atoms with Crippen molar-refractivity contribution >= 4 is 40.9 Å². The highest BCUT2D eigenvalue weighted by molar-refractivity contribution is 7.98. The maximum Gasteiger partial charge on any atom is 0.313 e. The van der Waals surface area contributed by atoms with E-state index in [1.54, 1.807) is 31.2 Å². The number of benzene rings is 1. The molecule has 0 heterocycles. The molecular weight excluding hydrogens is 318 g/mol. The van der Waals surface area contributed by atoms with E-state index < -0.39 is 17.4 Å². The van der Waals surface area contributed by atoms with E-state index in [0.717, 1.165) is 0 Å². The number of amides is 3. The van der Waals surface area contributed by atoms with E-state index in [4.69, 9.17) is 0 Å².